The Hall–Kier alpha value is -2.89. The number of nitrogens with zero attached hydrogens (tertiary/aromatic N) is 1. The molecule has 6 heteroatoms. The average molecular weight is 366 g/mol. The first-order valence-corrected chi connectivity index (χ1v) is 9.27. The molecule has 0 saturated carbocycles. The third-order valence-electron chi connectivity index (χ3n) is 5.28. The molecule has 0 unspecified atom stereocenters. The topological polar surface area (TPSA) is 79.6 Å². The first-order valence-electron chi connectivity index (χ1n) is 9.27. The van der Waals surface area contributed by atoms with Gasteiger partial charge in [0.15, 0.2) is 5.78 Å². The van der Waals surface area contributed by atoms with Crippen molar-refractivity contribution in [2.75, 3.05) is 11.4 Å². The minimum absolute atomic E-state index is 0.0221. The molecule has 1 saturated heterocycles. The van der Waals surface area contributed by atoms with Crippen LogP contribution in [0.3, 0.4) is 0 Å². The van der Waals surface area contributed by atoms with Crippen LogP contribution in [-0.2, 0) is 11.2 Å². The predicted octanol–water partition coefficient (Wildman–Crippen LogP) is 2.95. The molecule has 6 nitrogen and oxygen atoms in total. The largest absolute Gasteiger partial charge is 0.465 e. The van der Waals surface area contributed by atoms with Crippen molar-refractivity contribution in [3.05, 3.63) is 52.5 Å². The van der Waals surface area contributed by atoms with E-state index in [1.165, 1.54) is 0 Å². The Balaban J connectivity index is 1.51. The van der Waals surface area contributed by atoms with Crippen molar-refractivity contribution in [1.29, 1.82) is 0 Å². The highest BCUT2D eigenvalue weighted by Crippen LogP contribution is 2.30. The predicted molar refractivity (Wildman–Crippen MR) is 100 cm³/mol. The van der Waals surface area contributed by atoms with Gasteiger partial charge in [0.2, 0.25) is 5.91 Å². The molecule has 27 heavy (non-hydrogen) atoms. The fraction of sp³-hybridized carbons (Fsp3) is 0.381. The van der Waals surface area contributed by atoms with E-state index in [2.05, 4.69) is 5.32 Å². The Morgan fingerprint density at radius 2 is 1.89 bits per heavy atom. The summed E-state index contributed by atoms with van der Waals surface area (Å²) >= 11 is 0. The highest BCUT2D eigenvalue weighted by atomic mass is 16.3. The third-order valence-corrected chi connectivity index (χ3v) is 5.28. The van der Waals surface area contributed by atoms with Crippen LogP contribution >= 0.6 is 0 Å². The molecule has 140 valence electrons. The number of hydrogen-bond acceptors (Lipinski definition) is 4. The minimum atomic E-state index is -0.337. The van der Waals surface area contributed by atoms with Gasteiger partial charge in [0, 0.05) is 31.5 Å². The van der Waals surface area contributed by atoms with E-state index in [1.54, 1.807) is 11.8 Å². The van der Waals surface area contributed by atoms with Crippen LogP contribution < -0.4 is 10.2 Å². The van der Waals surface area contributed by atoms with Gasteiger partial charge in [-0.3, -0.25) is 14.4 Å². The van der Waals surface area contributed by atoms with E-state index in [0.717, 1.165) is 17.7 Å². The second kappa shape index (κ2) is 6.68. The van der Waals surface area contributed by atoms with E-state index in [9.17, 15) is 14.4 Å². The number of aryl methyl sites for hydroxylation is 3. The van der Waals surface area contributed by atoms with Crippen molar-refractivity contribution in [3.8, 4) is 0 Å². The second-order valence-electron chi connectivity index (χ2n) is 7.32. The highest BCUT2D eigenvalue weighted by molar-refractivity contribution is 6.10. The number of carbonyl (C=O) groups is 3. The van der Waals surface area contributed by atoms with Crippen molar-refractivity contribution in [2.24, 2.45) is 0 Å². The van der Waals surface area contributed by atoms with Crippen LogP contribution in [0.2, 0.25) is 0 Å². The SMILES string of the molecule is Cc1ccc(N2C[C@H](NC(=O)c3c(C)oc4c3C(=O)CCC4)CC2=O)cc1. The normalized spacial score (nSPS) is 19.3. The molecule has 2 aromatic rings. The van der Waals surface area contributed by atoms with Gasteiger partial charge in [-0.25, -0.2) is 0 Å². The molecule has 2 amide bonds. The lowest BCUT2D eigenvalue weighted by molar-refractivity contribution is -0.117. The monoisotopic (exact) mass is 366 g/mol. The number of furan rings is 1. The number of carbonyl (C=O) groups excluding carboxylic acids is 3. The van der Waals surface area contributed by atoms with Crippen molar-refractivity contribution in [2.45, 2.75) is 45.6 Å². The maximum absolute atomic E-state index is 12.8. The number of rotatable bonds is 3. The lowest BCUT2D eigenvalue weighted by Crippen LogP contribution is -2.38. The first kappa shape index (κ1) is 17.5. The van der Waals surface area contributed by atoms with Gasteiger partial charge in [-0.2, -0.15) is 0 Å². The summed E-state index contributed by atoms with van der Waals surface area (Å²) in [5.41, 5.74) is 2.71. The summed E-state index contributed by atoms with van der Waals surface area (Å²) in [5, 5.41) is 2.92. The van der Waals surface area contributed by atoms with Crippen LogP contribution in [0, 0.1) is 13.8 Å². The van der Waals surface area contributed by atoms with Crippen LogP contribution in [0.1, 0.15) is 57.1 Å². The molecule has 1 atom stereocenters. The smallest absolute Gasteiger partial charge is 0.255 e. The van der Waals surface area contributed by atoms with Crippen molar-refractivity contribution in [3.63, 3.8) is 0 Å². The standard InChI is InChI=1S/C21H22N2O4/c1-12-6-8-15(9-7-12)23-11-14(10-18(23)25)22-21(26)19-13(2)27-17-5-3-4-16(24)20(17)19/h6-9,14H,3-5,10-11H2,1-2H3,(H,22,26)/t14-/m1/s1. The van der Waals surface area contributed by atoms with E-state index in [0.29, 0.717) is 42.0 Å². The van der Waals surface area contributed by atoms with Gasteiger partial charge >= 0.3 is 0 Å². The summed E-state index contributed by atoms with van der Waals surface area (Å²) < 4.78 is 5.66. The molecular weight excluding hydrogens is 344 g/mol. The molecule has 1 aliphatic carbocycles. The van der Waals surface area contributed by atoms with Crippen molar-refractivity contribution < 1.29 is 18.8 Å². The average Bonchev–Trinajstić information content (AvgIpc) is 3.15. The van der Waals surface area contributed by atoms with Gasteiger partial charge in [-0.1, -0.05) is 17.7 Å². The lowest BCUT2D eigenvalue weighted by atomic mass is 9.93. The van der Waals surface area contributed by atoms with Crippen molar-refractivity contribution in [1.82, 2.24) is 5.32 Å². The van der Waals surface area contributed by atoms with E-state index in [4.69, 9.17) is 4.42 Å². The summed E-state index contributed by atoms with van der Waals surface area (Å²) in [6.45, 7) is 4.12. The van der Waals surface area contributed by atoms with Crippen LogP contribution in [0.15, 0.2) is 28.7 Å². The summed E-state index contributed by atoms with van der Waals surface area (Å²) in [6.07, 6.45) is 2.11. The molecular formula is C21H22N2O4. The number of benzene rings is 1. The number of ketones is 1. The summed E-state index contributed by atoms with van der Waals surface area (Å²) in [6, 6.07) is 7.44. The van der Waals surface area contributed by atoms with E-state index in [-0.39, 0.29) is 30.1 Å². The van der Waals surface area contributed by atoms with E-state index in [1.807, 2.05) is 31.2 Å². The molecule has 1 N–H and O–H groups in total. The summed E-state index contributed by atoms with van der Waals surface area (Å²) in [7, 11) is 0. The maximum atomic E-state index is 12.8. The number of amides is 2. The molecule has 1 fully saturated rings. The Labute approximate surface area is 157 Å². The van der Waals surface area contributed by atoms with Crippen LogP contribution in [0.5, 0.6) is 0 Å². The summed E-state index contributed by atoms with van der Waals surface area (Å²) in [5.74, 6) is 0.676. The first-order chi connectivity index (χ1) is 12.9. The van der Waals surface area contributed by atoms with Gasteiger partial charge < -0.3 is 14.6 Å². The van der Waals surface area contributed by atoms with Crippen molar-refractivity contribution >= 4 is 23.3 Å². The Kier molecular flexibility index (Phi) is 4.34. The van der Waals surface area contributed by atoms with Gasteiger partial charge in [0.25, 0.3) is 5.91 Å². The Morgan fingerprint density at radius 3 is 2.63 bits per heavy atom. The van der Waals surface area contributed by atoms with E-state index < -0.39 is 0 Å². The number of Topliss-reactive ketones (excluding diaryl/α,β-unsaturated/α-hetero) is 1. The molecule has 2 aliphatic rings. The Bertz CT molecular complexity index is 926. The number of fused-ring (bicyclic) bond motifs is 1. The second-order valence-corrected chi connectivity index (χ2v) is 7.32. The van der Waals surface area contributed by atoms with E-state index >= 15 is 0 Å². The fourth-order valence-electron chi connectivity index (χ4n) is 3.92. The molecule has 4 rings (SSSR count). The zero-order chi connectivity index (χ0) is 19.1. The number of nitrogens with one attached hydrogen (secondary N) is 1. The zero-order valence-corrected chi connectivity index (χ0v) is 15.5. The molecule has 2 heterocycles. The molecule has 1 aliphatic heterocycles. The number of hydrogen-bond donors (Lipinski definition) is 1. The maximum Gasteiger partial charge on any atom is 0.255 e. The molecule has 1 aromatic carbocycles. The number of anilines is 1. The Morgan fingerprint density at radius 1 is 1.15 bits per heavy atom. The van der Waals surface area contributed by atoms with Gasteiger partial charge in [0.1, 0.15) is 11.5 Å². The quantitative estimate of drug-likeness (QED) is 0.906. The van der Waals surface area contributed by atoms with Crippen LogP contribution in [-0.4, -0.2) is 30.2 Å². The molecule has 0 radical (unpaired) electrons. The highest BCUT2D eigenvalue weighted by Gasteiger charge is 2.35. The minimum Gasteiger partial charge on any atom is -0.465 e. The lowest BCUT2D eigenvalue weighted by Gasteiger charge is -2.17. The molecule has 0 spiro atoms. The summed E-state index contributed by atoms with van der Waals surface area (Å²) in [4.78, 5) is 39.2. The molecule has 1 aromatic heterocycles. The zero-order valence-electron chi connectivity index (χ0n) is 15.5. The van der Waals surface area contributed by atoms with Crippen LogP contribution in [0.25, 0.3) is 0 Å². The molecule has 0 bridgehead atoms. The van der Waals surface area contributed by atoms with Gasteiger partial charge in [0.05, 0.1) is 17.2 Å². The third kappa shape index (κ3) is 3.16. The van der Waals surface area contributed by atoms with Gasteiger partial charge in [-0.15, -0.1) is 0 Å². The van der Waals surface area contributed by atoms with Crippen LogP contribution in [0.4, 0.5) is 5.69 Å². The fourth-order valence-corrected chi connectivity index (χ4v) is 3.92. The van der Waals surface area contributed by atoms with Gasteiger partial charge in [-0.05, 0) is 32.4 Å².